The van der Waals surface area contributed by atoms with Gasteiger partial charge in [-0.25, -0.2) is 14.8 Å². The highest BCUT2D eigenvalue weighted by Crippen LogP contribution is 2.28. The van der Waals surface area contributed by atoms with Crippen LogP contribution in [0.25, 0.3) is 0 Å². The van der Waals surface area contributed by atoms with Gasteiger partial charge in [0.2, 0.25) is 11.8 Å². The Kier molecular flexibility index (Phi) is 13.9. The highest BCUT2D eigenvalue weighted by molar-refractivity contribution is 7.98. The number of carbonyl (C=O) groups excluding carboxylic acids is 1. The standard InChI is InChI=1S/C19H22N2O3S.C13H11NO3S.H2S/c1-25-14-7-4-6-13(12-14)24-19-15(8-5-11-20-19)18(23)21-16-9-2-3-10-17(16)22;1-18-10-5-2-4-9(8-10)17-12-11(13(15)16)6-3-7-14-12;/h4-8,11-12,16-17,22H,2-3,9-10H2,1H3,(H,21,23);2-8H,1H3,(H,15,16);1H2/t16-,17+;;/m1../s1. The number of carboxylic acid groups (broad SMARTS) is 1. The van der Waals surface area contributed by atoms with Gasteiger partial charge in [0.25, 0.3) is 5.91 Å². The Labute approximate surface area is 272 Å². The molecule has 44 heavy (non-hydrogen) atoms. The van der Waals surface area contributed by atoms with Gasteiger partial charge in [0.05, 0.1) is 12.1 Å². The minimum absolute atomic E-state index is 0. The molecule has 0 spiro atoms. The smallest absolute Gasteiger partial charge is 0.341 e. The van der Waals surface area contributed by atoms with Crippen molar-refractivity contribution in [1.29, 1.82) is 0 Å². The molecule has 5 rings (SSSR count). The largest absolute Gasteiger partial charge is 0.477 e. The van der Waals surface area contributed by atoms with E-state index in [4.69, 9.17) is 14.6 Å². The van der Waals surface area contributed by atoms with Crippen molar-refractivity contribution in [2.24, 2.45) is 0 Å². The average Bonchev–Trinajstić information content (AvgIpc) is 3.03. The third-order valence-electron chi connectivity index (χ3n) is 6.57. The van der Waals surface area contributed by atoms with Crippen molar-refractivity contribution in [3.8, 4) is 23.3 Å². The number of nitrogens with zero attached hydrogens (tertiary/aromatic N) is 2. The topological polar surface area (TPSA) is 131 Å². The molecular formula is C32H35N3O6S3. The summed E-state index contributed by atoms with van der Waals surface area (Å²) in [5, 5.41) is 22.0. The van der Waals surface area contributed by atoms with Crippen molar-refractivity contribution in [1.82, 2.24) is 15.3 Å². The SMILES string of the molecule is CSc1cccc(Oc2ncccc2C(=O)N[C@@H]2CCCC[C@@H]2O)c1.CSc1cccc(Oc2ncccc2C(=O)O)c1.S. The maximum absolute atomic E-state index is 12.6. The van der Waals surface area contributed by atoms with E-state index in [0.29, 0.717) is 17.1 Å². The summed E-state index contributed by atoms with van der Waals surface area (Å²) in [5.74, 6) is 0.251. The molecule has 2 aromatic heterocycles. The highest BCUT2D eigenvalue weighted by Gasteiger charge is 2.26. The van der Waals surface area contributed by atoms with E-state index >= 15 is 0 Å². The summed E-state index contributed by atoms with van der Waals surface area (Å²) in [6.07, 6.45) is 10.1. The van der Waals surface area contributed by atoms with Gasteiger partial charge < -0.3 is 25.0 Å². The van der Waals surface area contributed by atoms with Crippen LogP contribution in [0.1, 0.15) is 46.4 Å². The van der Waals surface area contributed by atoms with Crippen molar-refractivity contribution < 1.29 is 29.3 Å². The number of hydrogen-bond donors (Lipinski definition) is 3. The summed E-state index contributed by atoms with van der Waals surface area (Å²) in [4.78, 5) is 33.9. The molecule has 0 unspecified atom stereocenters. The monoisotopic (exact) mass is 653 g/mol. The van der Waals surface area contributed by atoms with Gasteiger partial charge in [-0.15, -0.1) is 23.5 Å². The number of carboxylic acids is 1. The molecule has 1 fully saturated rings. The van der Waals surface area contributed by atoms with E-state index in [0.717, 1.165) is 35.5 Å². The minimum Gasteiger partial charge on any atom is -0.477 e. The van der Waals surface area contributed by atoms with E-state index in [1.165, 1.54) is 12.3 Å². The van der Waals surface area contributed by atoms with Crippen LogP contribution in [0, 0.1) is 0 Å². The lowest BCUT2D eigenvalue weighted by molar-refractivity contribution is 0.0692. The van der Waals surface area contributed by atoms with Crippen LogP contribution < -0.4 is 14.8 Å². The zero-order valence-electron chi connectivity index (χ0n) is 24.3. The second-order valence-corrected chi connectivity index (χ2v) is 11.3. The van der Waals surface area contributed by atoms with Crippen LogP contribution >= 0.6 is 37.0 Å². The Morgan fingerprint density at radius 3 is 1.84 bits per heavy atom. The van der Waals surface area contributed by atoms with Gasteiger partial charge in [0.15, 0.2) is 0 Å². The van der Waals surface area contributed by atoms with Gasteiger partial charge in [-0.3, -0.25) is 4.79 Å². The number of ether oxygens (including phenoxy) is 2. The molecule has 1 amide bonds. The maximum Gasteiger partial charge on any atom is 0.341 e. The van der Waals surface area contributed by atoms with E-state index in [-0.39, 0.29) is 42.8 Å². The second-order valence-electron chi connectivity index (χ2n) is 9.51. The van der Waals surface area contributed by atoms with Gasteiger partial charge >= 0.3 is 5.97 Å². The number of aliphatic hydroxyl groups is 1. The normalized spacial score (nSPS) is 15.5. The first kappa shape index (κ1) is 34.8. The second kappa shape index (κ2) is 17.6. The molecule has 1 aliphatic carbocycles. The number of aliphatic hydroxyl groups excluding tert-OH is 1. The molecular weight excluding hydrogens is 619 g/mol. The highest BCUT2D eigenvalue weighted by atomic mass is 32.2. The van der Waals surface area contributed by atoms with Crippen LogP contribution in [-0.2, 0) is 0 Å². The Bertz CT molecular complexity index is 1540. The first-order valence-corrected chi connectivity index (χ1v) is 16.1. The maximum atomic E-state index is 12.6. The van der Waals surface area contributed by atoms with Gasteiger partial charge in [-0.05, 0) is 86.0 Å². The third kappa shape index (κ3) is 9.91. The number of benzene rings is 2. The number of aromatic carboxylic acids is 1. The fourth-order valence-electron chi connectivity index (χ4n) is 4.36. The lowest BCUT2D eigenvalue weighted by atomic mass is 9.92. The molecule has 0 radical (unpaired) electrons. The van der Waals surface area contributed by atoms with Crippen LogP contribution in [0.5, 0.6) is 23.3 Å². The number of pyridine rings is 2. The van der Waals surface area contributed by atoms with Gasteiger partial charge in [-0.1, -0.05) is 25.0 Å². The Morgan fingerprint density at radius 1 is 0.795 bits per heavy atom. The summed E-state index contributed by atoms with van der Waals surface area (Å²) >= 11 is 3.21. The van der Waals surface area contributed by atoms with E-state index in [9.17, 15) is 14.7 Å². The number of carbonyl (C=O) groups is 2. The first-order valence-electron chi connectivity index (χ1n) is 13.6. The summed E-state index contributed by atoms with van der Waals surface area (Å²) in [5.41, 5.74) is 0.418. The van der Waals surface area contributed by atoms with Crippen molar-refractivity contribution in [2.45, 2.75) is 47.6 Å². The number of nitrogens with one attached hydrogen (secondary N) is 1. The first-order chi connectivity index (χ1) is 20.9. The lowest BCUT2D eigenvalue weighted by Gasteiger charge is -2.28. The minimum atomic E-state index is -1.06. The van der Waals surface area contributed by atoms with Crippen LogP contribution in [0.2, 0.25) is 0 Å². The van der Waals surface area contributed by atoms with E-state index < -0.39 is 12.1 Å². The predicted molar refractivity (Wildman–Crippen MR) is 178 cm³/mol. The Morgan fingerprint density at radius 2 is 1.32 bits per heavy atom. The zero-order chi connectivity index (χ0) is 30.6. The summed E-state index contributed by atoms with van der Waals surface area (Å²) in [6, 6.07) is 21.3. The molecule has 1 aliphatic rings. The molecule has 2 aromatic carbocycles. The average molecular weight is 654 g/mol. The molecule has 0 bridgehead atoms. The molecule has 0 aliphatic heterocycles. The number of rotatable bonds is 9. The van der Waals surface area contributed by atoms with Gasteiger partial charge in [0.1, 0.15) is 22.6 Å². The zero-order valence-corrected chi connectivity index (χ0v) is 26.9. The summed E-state index contributed by atoms with van der Waals surface area (Å²) < 4.78 is 11.3. The van der Waals surface area contributed by atoms with Crippen LogP contribution in [-0.4, -0.2) is 56.7 Å². The van der Waals surface area contributed by atoms with Crippen molar-refractivity contribution in [2.75, 3.05) is 12.5 Å². The van der Waals surface area contributed by atoms with Crippen LogP contribution in [0.15, 0.2) is 95.0 Å². The number of amides is 1. The van der Waals surface area contributed by atoms with E-state index in [1.54, 1.807) is 54.0 Å². The van der Waals surface area contributed by atoms with Crippen molar-refractivity contribution in [3.63, 3.8) is 0 Å². The van der Waals surface area contributed by atoms with Gasteiger partial charge in [0, 0.05) is 22.2 Å². The molecule has 4 aromatic rings. The molecule has 2 atom stereocenters. The Hall–Kier alpha value is -3.71. The fraction of sp³-hybridized carbons (Fsp3) is 0.250. The third-order valence-corrected chi connectivity index (χ3v) is 8.03. The Balaban J connectivity index is 0.000000247. The van der Waals surface area contributed by atoms with E-state index in [1.807, 2.05) is 55.0 Å². The van der Waals surface area contributed by atoms with Gasteiger partial charge in [-0.2, -0.15) is 13.5 Å². The summed E-state index contributed by atoms with van der Waals surface area (Å²) in [7, 11) is 0. The summed E-state index contributed by atoms with van der Waals surface area (Å²) in [6.45, 7) is 0. The molecule has 232 valence electrons. The fourth-order valence-corrected chi connectivity index (χ4v) is 5.26. The van der Waals surface area contributed by atoms with Crippen LogP contribution in [0.4, 0.5) is 0 Å². The quantitative estimate of drug-likeness (QED) is 0.162. The number of thioether (sulfide) groups is 2. The molecule has 9 nitrogen and oxygen atoms in total. The molecule has 1 saturated carbocycles. The molecule has 3 N–H and O–H groups in total. The van der Waals surface area contributed by atoms with Crippen LogP contribution in [0.3, 0.4) is 0 Å². The molecule has 0 saturated heterocycles. The van der Waals surface area contributed by atoms with Crippen molar-refractivity contribution >= 4 is 48.9 Å². The molecule has 2 heterocycles. The molecule has 12 heteroatoms. The van der Waals surface area contributed by atoms with Crippen molar-refractivity contribution in [3.05, 3.63) is 96.3 Å². The lowest BCUT2D eigenvalue weighted by Crippen LogP contribution is -2.45. The number of hydrogen-bond acceptors (Lipinski definition) is 9. The predicted octanol–water partition coefficient (Wildman–Crippen LogP) is 7.04. The number of aromatic nitrogens is 2. The van der Waals surface area contributed by atoms with E-state index in [2.05, 4.69) is 15.3 Å².